The Bertz CT molecular complexity index is 2350. The van der Waals surface area contributed by atoms with E-state index in [4.69, 9.17) is 4.74 Å². The van der Waals surface area contributed by atoms with Crippen molar-refractivity contribution in [3.05, 3.63) is 138 Å². The van der Waals surface area contributed by atoms with Crippen LogP contribution in [0.1, 0.15) is 62.3 Å². The van der Waals surface area contributed by atoms with Crippen molar-refractivity contribution in [3.8, 4) is 0 Å². The molecule has 0 bridgehead atoms. The third-order valence-corrected chi connectivity index (χ3v) is 10.7. The lowest BCUT2D eigenvalue weighted by atomic mass is 10.1. The van der Waals surface area contributed by atoms with E-state index >= 15 is 0 Å². The van der Waals surface area contributed by atoms with Gasteiger partial charge in [0.2, 0.25) is 0 Å². The van der Waals surface area contributed by atoms with Crippen molar-refractivity contribution in [2.24, 2.45) is 0 Å². The molecule has 240 valence electrons. The Morgan fingerprint density at radius 3 is 1.61 bits per heavy atom. The molecule has 0 saturated heterocycles. The Morgan fingerprint density at radius 1 is 0.673 bits per heavy atom. The van der Waals surface area contributed by atoms with Gasteiger partial charge >= 0.3 is 6.09 Å². The molecule has 12 heteroatoms. The van der Waals surface area contributed by atoms with Crippen LogP contribution in [0.2, 0.25) is 0 Å². The molecule has 0 spiro atoms. The molecule has 3 aromatic carbocycles. The Labute approximate surface area is 282 Å². The fourth-order valence-corrected chi connectivity index (χ4v) is 8.34. The van der Waals surface area contributed by atoms with Crippen molar-refractivity contribution in [2.45, 2.75) is 13.5 Å². The summed E-state index contributed by atoms with van der Waals surface area (Å²) in [7, 11) is 0. The zero-order valence-electron chi connectivity index (χ0n) is 25.1. The number of carbonyl (C=O) groups is 5. The summed E-state index contributed by atoms with van der Waals surface area (Å²) >= 11 is 2.36. The topological polar surface area (TPSA) is 99.5 Å². The zero-order chi connectivity index (χ0) is 34.3. The van der Waals surface area contributed by atoms with Crippen LogP contribution in [-0.4, -0.2) is 33.8 Å². The maximum atomic E-state index is 14.2. The lowest BCUT2D eigenvalue weighted by molar-refractivity contribution is 0.0975. The number of Topliss-reactive ketones (excluding diaryl/α,β-unsaturated/α-hetero) is 4. The maximum Gasteiger partial charge on any atom is 0.419 e. The molecular formula is C37H18F3NO6S2. The van der Waals surface area contributed by atoms with E-state index in [1.54, 1.807) is 36.4 Å². The standard InChI is InChI=1S/C37H18F3NO6S2/c1-16-7-20-21(12-26(16)38)32(43)24(31(20)42)8-18-10-29-35(48-18)36-30(41(29)37(46)47-15-17-5-3-2-4-6-17)11-19(49-36)9-25-33(44)22-13-27(39)28(40)14-23(22)34(25)45/h2-14H,15H2,1H3/b24-8+. The Kier molecular flexibility index (Phi) is 6.98. The van der Waals surface area contributed by atoms with E-state index in [-0.39, 0.29) is 45.6 Å². The maximum absolute atomic E-state index is 14.2. The van der Waals surface area contributed by atoms with Crippen LogP contribution in [0.5, 0.6) is 0 Å². The van der Waals surface area contributed by atoms with Crippen LogP contribution in [0.25, 0.3) is 32.6 Å². The fourth-order valence-electron chi connectivity index (χ4n) is 6.02. The van der Waals surface area contributed by atoms with E-state index in [1.807, 2.05) is 6.07 Å². The molecule has 3 heterocycles. The van der Waals surface area contributed by atoms with Crippen LogP contribution in [0, 0.1) is 24.4 Å². The first-order chi connectivity index (χ1) is 23.5. The van der Waals surface area contributed by atoms with Crippen molar-refractivity contribution >= 4 is 84.5 Å². The van der Waals surface area contributed by atoms with Crippen LogP contribution in [-0.2, 0) is 11.3 Å². The van der Waals surface area contributed by atoms with Gasteiger partial charge in [0, 0.05) is 32.0 Å². The predicted molar refractivity (Wildman–Crippen MR) is 178 cm³/mol. The third-order valence-electron chi connectivity index (χ3n) is 8.43. The van der Waals surface area contributed by atoms with E-state index in [2.05, 4.69) is 0 Å². The third kappa shape index (κ3) is 4.82. The number of aromatic nitrogens is 1. The molecule has 0 atom stereocenters. The number of hydrogen-bond donors (Lipinski definition) is 0. The van der Waals surface area contributed by atoms with E-state index in [1.165, 1.54) is 41.0 Å². The number of ketones is 4. The van der Waals surface area contributed by atoms with Crippen molar-refractivity contribution < 1.29 is 41.9 Å². The first-order valence-electron chi connectivity index (χ1n) is 14.7. The second kappa shape index (κ2) is 11.2. The highest BCUT2D eigenvalue weighted by Crippen LogP contribution is 2.43. The second-order valence-corrected chi connectivity index (χ2v) is 13.7. The average Bonchev–Trinajstić information content (AvgIpc) is 3.84. The van der Waals surface area contributed by atoms with Crippen molar-refractivity contribution in [1.29, 1.82) is 0 Å². The number of nitrogens with zero attached hydrogens (tertiary/aromatic N) is 1. The number of aryl methyl sites for hydroxylation is 1. The Morgan fingerprint density at radius 2 is 1.12 bits per heavy atom. The molecule has 2 aliphatic carbocycles. The van der Waals surface area contributed by atoms with Gasteiger partial charge in [-0.1, -0.05) is 30.3 Å². The quantitative estimate of drug-likeness (QED) is 0.135. The average molecular weight is 694 g/mol. The highest BCUT2D eigenvalue weighted by atomic mass is 32.1. The normalized spacial score (nSPS) is 14.9. The number of benzene rings is 3. The summed E-state index contributed by atoms with van der Waals surface area (Å²) in [5.74, 6) is -5.73. The fraction of sp³-hybridized carbons (Fsp3) is 0.0541. The molecule has 0 saturated carbocycles. The number of rotatable bonds is 4. The number of ether oxygens (including phenoxy) is 1. The largest absolute Gasteiger partial charge is 0.444 e. The van der Waals surface area contributed by atoms with E-state index in [0.29, 0.717) is 42.3 Å². The number of carbonyl (C=O) groups excluding carboxylic acids is 5. The minimum atomic E-state index is -1.25. The van der Waals surface area contributed by atoms with E-state index < -0.39 is 46.7 Å². The van der Waals surface area contributed by atoms with Gasteiger partial charge in [0.15, 0.2) is 34.8 Å². The first-order valence-corrected chi connectivity index (χ1v) is 16.3. The molecule has 3 aromatic heterocycles. The molecule has 0 aliphatic heterocycles. The van der Waals surface area contributed by atoms with Gasteiger partial charge in [0.1, 0.15) is 12.4 Å². The molecule has 0 N–H and O–H groups in total. The van der Waals surface area contributed by atoms with Crippen molar-refractivity contribution in [1.82, 2.24) is 4.57 Å². The van der Waals surface area contributed by atoms with Gasteiger partial charge in [-0.15, -0.1) is 22.7 Å². The van der Waals surface area contributed by atoms with Crippen molar-refractivity contribution in [2.75, 3.05) is 0 Å². The van der Waals surface area contributed by atoms with Crippen LogP contribution in [0.3, 0.4) is 0 Å². The van der Waals surface area contributed by atoms with Gasteiger partial charge < -0.3 is 4.74 Å². The molecule has 0 amide bonds. The molecule has 0 fully saturated rings. The Hall–Kier alpha value is -5.72. The monoisotopic (exact) mass is 693 g/mol. The number of allylic oxidation sites excluding steroid dienone is 2. The van der Waals surface area contributed by atoms with Gasteiger partial charge in [-0.25, -0.2) is 22.5 Å². The van der Waals surface area contributed by atoms with Gasteiger partial charge in [-0.05, 0) is 66.6 Å². The van der Waals surface area contributed by atoms with Crippen LogP contribution >= 0.6 is 22.7 Å². The molecule has 0 radical (unpaired) electrons. The zero-order valence-corrected chi connectivity index (χ0v) is 26.7. The summed E-state index contributed by atoms with van der Waals surface area (Å²) in [6.07, 6.45) is 2.01. The number of fused-ring (bicyclic) bond motifs is 5. The lowest BCUT2D eigenvalue weighted by Gasteiger charge is -2.07. The highest BCUT2D eigenvalue weighted by Gasteiger charge is 2.36. The van der Waals surface area contributed by atoms with E-state index in [0.717, 1.165) is 23.0 Å². The lowest BCUT2D eigenvalue weighted by Crippen LogP contribution is -2.13. The summed E-state index contributed by atoms with van der Waals surface area (Å²) in [4.78, 5) is 66.9. The van der Waals surface area contributed by atoms with Crippen LogP contribution in [0.15, 0.2) is 77.9 Å². The number of thiophene rings is 2. The smallest absolute Gasteiger partial charge is 0.419 e. The minimum Gasteiger partial charge on any atom is -0.444 e. The molecule has 49 heavy (non-hydrogen) atoms. The van der Waals surface area contributed by atoms with Gasteiger partial charge in [0.05, 0.1) is 31.6 Å². The molecule has 7 nitrogen and oxygen atoms in total. The number of halogens is 3. The molecule has 6 aromatic rings. The molecule has 8 rings (SSSR count). The van der Waals surface area contributed by atoms with Gasteiger partial charge in [0.25, 0.3) is 0 Å². The molecule has 2 aliphatic rings. The summed E-state index contributed by atoms with van der Waals surface area (Å²) in [5.41, 5.74) is 1.04. The SMILES string of the molecule is Cc1cc2c(cc1F)C(=O)/C(=C/c1cc3c(s1)c1sc(C=C4C(=O)c5cc(F)c(F)cc5C4=O)cc1n3C(=O)OCc1ccccc1)C2=O. The molecule has 0 unspecified atom stereocenters. The van der Waals surface area contributed by atoms with Gasteiger partial charge in [-0.2, -0.15) is 0 Å². The van der Waals surface area contributed by atoms with Gasteiger partial charge in [-0.3, -0.25) is 19.2 Å². The van der Waals surface area contributed by atoms with Crippen LogP contribution in [0.4, 0.5) is 18.0 Å². The summed E-state index contributed by atoms with van der Waals surface area (Å²) in [5, 5.41) is 0. The van der Waals surface area contributed by atoms with E-state index in [9.17, 15) is 37.1 Å². The second-order valence-electron chi connectivity index (χ2n) is 11.5. The summed E-state index contributed by atoms with van der Waals surface area (Å²) < 4.78 is 50.2. The highest BCUT2D eigenvalue weighted by molar-refractivity contribution is 7.28. The first kappa shape index (κ1) is 30.6. The number of hydrogen-bond acceptors (Lipinski definition) is 8. The summed E-state index contributed by atoms with van der Waals surface area (Å²) in [6, 6.07) is 16.1. The van der Waals surface area contributed by atoms with Crippen LogP contribution < -0.4 is 0 Å². The predicted octanol–water partition coefficient (Wildman–Crippen LogP) is 8.75. The summed E-state index contributed by atoms with van der Waals surface area (Å²) in [6.45, 7) is 1.47. The Balaban J connectivity index is 1.23. The molecular weight excluding hydrogens is 676 g/mol. The van der Waals surface area contributed by atoms with Crippen molar-refractivity contribution in [3.63, 3.8) is 0 Å². The minimum absolute atomic E-state index is 0.0172.